The molecule has 0 aliphatic carbocycles. The predicted octanol–water partition coefficient (Wildman–Crippen LogP) is 4.91. The van der Waals surface area contributed by atoms with Crippen LogP contribution in [0.5, 0.6) is 0 Å². The molecular weight excluding hydrogens is 359 g/mol. The zero-order valence-corrected chi connectivity index (χ0v) is 14.8. The third kappa shape index (κ3) is 3.92. The van der Waals surface area contributed by atoms with E-state index >= 15 is 0 Å². The Balaban J connectivity index is 1.86. The molecule has 2 N–H and O–H groups in total. The second-order valence-corrected chi connectivity index (χ2v) is 6.40. The summed E-state index contributed by atoms with van der Waals surface area (Å²) in [6, 6.07) is 15.5. The number of aromatic amines is 1. The third-order valence-electron chi connectivity index (χ3n) is 3.68. The molecule has 0 radical (unpaired) electrons. The highest BCUT2D eigenvalue weighted by atomic mass is 35.5. The number of aromatic nitrogens is 1. The highest BCUT2D eigenvalue weighted by Crippen LogP contribution is 2.23. The largest absolute Gasteiger partial charge is 0.321 e. The van der Waals surface area contributed by atoms with Gasteiger partial charge >= 0.3 is 0 Å². The van der Waals surface area contributed by atoms with Gasteiger partial charge in [0.05, 0.1) is 10.7 Å². The lowest BCUT2D eigenvalue weighted by molar-refractivity contribution is 0.102. The van der Waals surface area contributed by atoms with Crippen LogP contribution in [0.4, 0.5) is 5.69 Å². The molecule has 0 saturated carbocycles. The van der Waals surface area contributed by atoms with E-state index in [1.54, 1.807) is 42.5 Å². The number of halogens is 2. The van der Waals surface area contributed by atoms with Crippen molar-refractivity contribution in [3.05, 3.63) is 86.1 Å². The number of anilines is 1. The van der Waals surface area contributed by atoms with Crippen LogP contribution < -0.4 is 10.9 Å². The maximum atomic E-state index is 12.4. The van der Waals surface area contributed by atoms with Gasteiger partial charge in [0, 0.05) is 10.7 Å². The molecule has 0 aliphatic heterocycles. The maximum absolute atomic E-state index is 12.4. The zero-order chi connectivity index (χ0) is 18.0. The molecule has 25 heavy (non-hydrogen) atoms. The van der Waals surface area contributed by atoms with Crippen LogP contribution in [0.3, 0.4) is 0 Å². The second-order valence-electron chi connectivity index (χ2n) is 5.56. The van der Waals surface area contributed by atoms with Crippen LogP contribution >= 0.6 is 23.2 Å². The fourth-order valence-electron chi connectivity index (χ4n) is 2.36. The molecule has 2 aromatic carbocycles. The normalized spacial score (nSPS) is 10.5. The summed E-state index contributed by atoms with van der Waals surface area (Å²) in [4.78, 5) is 27.3. The predicted molar refractivity (Wildman–Crippen MR) is 102 cm³/mol. The van der Waals surface area contributed by atoms with E-state index in [-0.39, 0.29) is 5.56 Å². The molecule has 6 heteroatoms. The second kappa shape index (κ2) is 7.13. The van der Waals surface area contributed by atoms with Crippen LogP contribution in [0.15, 0.2) is 59.4 Å². The summed E-state index contributed by atoms with van der Waals surface area (Å²) in [5, 5.41) is 3.68. The van der Waals surface area contributed by atoms with E-state index in [1.165, 1.54) is 6.07 Å². The Kier molecular flexibility index (Phi) is 4.93. The Labute approximate surface area is 154 Å². The summed E-state index contributed by atoms with van der Waals surface area (Å²) in [5.41, 5.74) is 2.37. The van der Waals surface area contributed by atoms with E-state index < -0.39 is 11.5 Å². The fourth-order valence-corrected chi connectivity index (χ4v) is 2.77. The van der Waals surface area contributed by atoms with Gasteiger partial charge in [-0.05, 0) is 54.4 Å². The standard InChI is InChI=1S/C19H14Cl2N2O2/c1-11-2-8-17(15(21)10-11)23-19(25)14-7-9-16(22-18(14)24)12-3-5-13(20)6-4-12/h2-10H,1H3,(H,22,24)(H,23,25). The average Bonchev–Trinajstić information content (AvgIpc) is 2.58. The number of pyridine rings is 1. The van der Waals surface area contributed by atoms with E-state index in [0.717, 1.165) is 11.1 Å². The van der Waals surface area contributed by atoms with Gasteiger partial charge in [-0.15, -0.1) is 0 Å². The first-order chi connectivity index (χ1) is 11.9. The lowest BCUT2D eigenvalue weighted by Crippen LogP contribution is -2.23. The SMILES string of the molecule is Cc1ccc(NC(=O)c2ccc(-c3ccc(Cl)cc3)[nH]c2=O)c(Cl)c1. The van der Waals surface area contributed by atoms with Gasteiger partial charge in [0.25, 0.3) is 11.5 Å². The Morgan fingerprint density at radius 1 is 1.00 bits per heavy atom. The molecule has 0 bridgehead atoms. The molecular formula is C19H14Cl2N2O2. The van der Waals surface area contributed by atoms with Crippen molar-refractivity contribution in [3.8, 4) is 11.3 Å². The van der Waals surface area contributed by atoms with Crippen molar-refractivity contribution < 1.29 is 4.79 Å². The fraction of sp³-hybridized carbons (Fsp3) is 0.0526. The van der Waals surface area contributed by atoms with Crippen molar-refractivity contribution in [2.75, 3.05) is 5.32 Å². The smallest absolute Gasteiger partial charge is 0.261 e. The molecule has 0 saturated heterocycles. The molecule has 126 valence electrons. The van der Waals surface area contributed by atoms with Gasteiger partial charge in [0.15, 0.2) is 0 Å². The number of carbonyl (C=O) groups excluding carboxylic acids is 1. The Morgan fingerprint density at radius 3 is 2.36 bits per heavy atom. The van der Waals surface area contributed by atoms with Crippen molar-refractivity contribution >= 4 is 34.8 Å². The van der Waals surface area contributed by atoms with Gasteiger partial charge in [-0.1, -0.05) is 41.4 Å². The van der Waals surface area contributed by atoms with E-state index in [9.17, 15) is 9.59 Å². The Morgan fingerprint density at radius 2 is 1.72 bits per heavy atom. The summed E-state index contributed by atoms with van der Waals surface area (Å²) in [6.07, 6.45) is 0. The topological polar surface area (TPSA) is 62.0 Å². The number of aryl methyl sites for hydroxylation is 1. The van der Waals surface area contributed by atoms with E-state index in [2.05, 4.69) is 10.3 Å². The third-order valence-corrected chi connectivity index (χ3v) is 4.25. The van der Waals surface area contributed by atoms with E-state index in [1.807, 2.05) is 13.0 Å². The molecule has 3 aromatic rings. The number of nitrogens with one attached hydrogen (secondary N) is 2. The van der Waals surface area contributed by atoms with Crippen LogP contribution in [0.25, 0.3) is 11.3 Å². The molecule has 0 fully saturated rings. The number of H-pyrrole nitrogens is 1. The summed E-state index contributed by atoms with van der Waals surface area (Å²) in [5.74, 6) is -0.519. The Hall–Kier alpha value is -2.56. The van der Waals surface area contributed by atoms with Crippen LogP contribution in [-0.2, 0) is 0 Å². The summed E-state index contributed by atoms with van der Waals surface area (Å²) in [6.45, 7) is 1.90. The lowest BCUT2D eigenvalue weighted by atomic mass is 10.1. The van der Waals surface area contributed by atoms with Gasteiger partial charge < -0.3 is 10.3 Å². The van der Waals surface area contributed by atoms with Gasteiger partial charge in [-0.3, -0.25) is 9.59 Å². The number of rotatable bonds is 3. The molecule has 4 nitrogen and oxygen atoms in total. The number of hydrogen-bond donors (Lipinski definition) is 2. The molecule has 1 heterocycles. The van der Waals surface area contributed by atoms with Gasteiger partial charge in [-0.2, -0.15) is 0 Å². The first-order valence-corrected chi connectivity index (χ1v) is 8.26. The zero-order valence-electron chi connectivity index (χ0n) is 13.3. The maximum Gasteiger partial charge on any atom is 0.261 e. The minimum absolute atomic E-state index is 0.00866. The lowest BCUT2D eigenvalue weighted by Gasteiger charge is -2.08. The van der Waals surface area contributed by atoms with Crippen molar-refractivity contribution in [1.29, 1.82) is 0 Å². The molecule has 0 atom stereocenters. The average molecular weight is 373 g/mol. The molecule has 1 aromatic heterocycles. The summed E-state index contributed by atoms with van der Waals surface area (Å²) >= 11 is 12.0. The van der Waals surface area contributed by atoms with Crippen molar-refractivity contribution in [1.82, 2.24) is 4.98 Å². The number of benzene rings is 2. The van der Waals surface area contributed by atoms with Gasteiger partial charge in [0.1, 0.15) is 5.56 Å². The minimum atomic E-state index is -0.519. The van der Waals surface area contributed by atoms with Crippen molar-refractivity contribution in [2.45, 2.75) is 6.92 Å². The van der Waals surface area contributed by atoms with E-state index in [4.69, 9.17) is 23.2 Å². The monoisotopic (exact) mass is 372 g/mol. The molecule has 0 aliphatic rings. The quantitative estimate of drug-likeness (QED) is 0.685. The van der Waals surface area contributed by atoms with Crippen LogP contribution in [0.1, 0.15) is 15.9 Å². The molecule has 3 rings (SSSR count). The summed E-state index contributed by atoms with van der Waals surface area (Å²) in [7, 11) is 0. The van der Waals surface area contributed by atoms with Gasteiger partial charge in [0.2, 0.25) is 0 Å². The Bertz CT molecular complexity index is 995. The highest BCUT2D eigenvalue weighted by Gasteiger charge is 2.13. The van der Waals surface area contributed by atoms with Crippen molar-refractivity contribution in [2.24, 2.45) is 0 Å². The molecule has 0 unspecified atom stereocenters. The van der Waals surface area contributed by atoms with Crippen LogP contribution in [0, 0.1) is 6.92 Å². The number of hydrogen-bond acceptors (Lipinski definition) is 2. The number of amides is 1. The first-order valence-electron chi connectivity index (χ1n) is 7.51. The minimum Gasteiger partial charge on any atom is -0.321 e. The first kappa shape index (κ1) is 17.3. The van der Waals surface area contributed by atoms with E-state index in [0.29, 0.717) is 21.4 Å². The number of carbonyl (C=O) groups is 1. The van der Waals surface area contributed by atoms with Crippen molar-refractivity contribution in [3.63, 3.8) is 0 Å². The van der Waals surface area contributed by atoms with Crippen LogP contribution in [0.2, 0.25) is 10.0 Å². The molecule has 1 amide bonds. The van der Waals surface area contributed by atoms with Crippen LogP contribution in [-0.4, -0.2) is 10.9 Å². The molecule has 0 spiro atoms. The highest BCUT2D eigenvalue weighted by molar-refractivity contribution is 6.34. The van der Waals surface area contributed by atoms with Gasteiger partial charge in [-0.25, -0.2) is 0 Å². The summed E-state index contributed by atoms with van der Waals surface area (Å²) < 4.78 is 0.